The summed E-state index contributed by atoms with van der Waals surface area (Å²) in [7, 11) is 0. The standard InChI is InChI=1S/C13H21N3O/c1-4-14-9-10(2)13(17)16-11(3)12-7-5-6-8-15-12/h5-8,10-11,14H,4,9H2,1-3H3,(H,16,17)/t10?,11-/m0/s1. The zero-order valence-corrected chi connectivity index (χ0v) is 10.7. The minimum atomic E-state index is -0.0484. The third kappa shape index (κ3) is 4.53. The number of carbonyl (C=O) groups excluding carboxylic acids is 1. The molecule has 0 fully saturated rings. The number of rotatable bonds is 6. The maximum absolute atomic E-state index is 11.9. The normalized spacial score (nSPS) is 14.1. The molecule has 4 heteroatoms. The zero-order valence-electron chi connectivity index (χ0n) is 10.7. The lowest BCUT2D eigenvalue weighted by Crippen LogP contribution is -2.36. The highest BCUT2D eigenvalue weighted by molar-refractivity contribution is 5.78. The Morgan fingerprint density at radius 1 is 1.41 bits per heavy atom. The molecule has 0 saturated heterocycles. The molecule has 1 aromatic heterocycles. The van der Waals surface area contributed by atoms with Crippen molar-refractivity contribution in [1.82, 2.24) is 15.6 Å². The highest BCUT2D eigenvalue weighted by Gasteiger charge is 2.15. The summed E-state index contributed by atoms with van der Waals surface area (Å²) in [5, 5.41) is 6.13. The second-order valence-electron chi connectivity index (χ2n) is 4.19. The van der Waals surface area contributed by atoms with E-state index in [4.69, 9.17) is 0 Å². The second kappa shape index (κ2) is 7.01. The Hall–Kier alpha value is -1.42. The Bertz CT molecular complexity index is 340. The van der Waals surface area contributed by atoms with Crippen LogP contribution in [0.15, 0.2) is 24.4 Å². The molecule has 94 valence electrons. The molecular formula is C13H21N3O. The summed E-state index contributed by atoms with van der Waals surface area (Å²) < 4.78 is 0. The van der Waals surface area contributed by atoms with Crippen LogP contribution in [0.25, 0.3) is 0 Å². The summed E-state index contributed by atoms with van der Waals surface area (Å²) in [6.07, 6.45) is 1.74. The van der Waals surface area contributed by atoms with Crippen molar-refractivity contribution < 1.29 is 4.79 Å². The summed E-state index contributed by atoms with van der Waals surface area (Å²) in [6.45, 7) is 7.48. The third-order valence-corrected chi connectivity index (χ3v) is 2.64. The van der Waals surface area contributed by atoms with E-state index in [1.54, 1.807) is 6.20 Å². The van der Waals surface area contributed by atoms with Crippen molar-refractivity contribution >= 4 is 5.91 Å². The molecule has 1 amide bonds. The van der Waals surface area contributed by atoms with Gasteiger partial charge in [-0.25, -0.2) is 0 Å². The van der Waals surface area contributed by atoms with E-state index in [-0.39, 0.29) is 17.9 Å². The SMILES string of the molecule is CCNCC(C)C(=O)N[C@@H](C)c1ccccn1. The molecule has 2 atom stereocenters. The lowest BCUT2D eigenvalue weighted by Gasteiger charge is -2.17. The van der Waals surface area contributed by atoms with Crippen LogP contribution in [0.4, 0.5) is 0 Å². The van der Waals surface area contributed by atoms with E-state index in [9.17, 15) is 4.79 Å². The lowest BCUT2D eigenvalue weighted by atomic mass is 10.1. The fourth-order valence-corrected chi connectivity index (χ4v) is 1.52. The largest absolute Gasteiger partial charge is 0.348 e. The van der Waals surface area contributed by atoms with Gasteiger partial charge in [0.2, 0.25) is 5.91 Å². The Labute approximate surface area is 103 Å². The van der Waals surface area contributed by atoms with Gasteiger partial charge in [-0.15, -0.1) is 0 Å². The Morgan fingerprint density at radius 3 is 2.76 bits per heavy atom. The summed E-state index contributed by atoms with van der Waals surface area (Å²) in [6, 6.07) is 5.66. The predicted molar refractivity (Wildman–Crippen MR) is 68.5 cm³/mol. The summed E-state index contributed by atoms with van der Waals surface area (Å²) >= 11 is 0. The van der Waals surface area contributed by atoms with E-state index in [0.29, 0.717) is 6.54 Å². The number of carbonyl (C=O) groups is 1. The van der Waals surface area contributed by atoms with Crippen molar-refractivity contribution in [2.75, 3.05) is 13.1 Å². The van der Waals surface area contributed by atoms with Crippen LogP contribution in [0.3, 0.4) is 0 Å². The van der Waals surface area contributed by atoms with Crippen LogP contribution < -0.4 is 10.6 Å². The fraction of sp³-hybridized carbons (Fsp3) is 0.538. The second-order valence-corrected chi connectivity index (χ2v) is 4.19. The van der Waals surface area contributed by atoms with Crippen LogP contribution in [0.2, 0.25) is 0 Å². The number of nitrogens with zero attached hydrogens (tertiary/aromatic N) is 1. The molecule has 1 unspecified atom stereocenters. The maximum Gasteiger partial charge on any atom is 0.224 e. The number of hydrogen-bond acceptors (Lipinski definition) is 3. The van der Waals surface area contributed by atoms with Gasteiger partial charge in [0.15, 0.2) is 0 Å². The van der Waals surface area contributed by atoms with Gasteiger partial charge in [-0.05, 0) is 25.6 Å². The molecule has 0 bridgehead atoms. The maximum atomic E-state index is 11.9. The van der Waals surface area contributed by atoms with Gasteiger partial charge in [-0.2, -0.15) is 0 Å². The highest BCUT2D eigenvalue weighted by Crippen LogP contribution is 2.08. The van der Waals surface area contributed by atoms with Crippen molar-refractivity contribution in [1.29, 1.82) is 0 Å². The van der Waals surface area contributed by atoms with Crippen molar-refractivity contribution in [2.24, 2.45) is 5.92 Å². The van der Waals surface area contributed by atoms with Gasteiger partial charge in [-0.1, -0.05) is 19.9 Å². The number of amides is 1. The Kier molecular flexibility index (Phi) is 5.63. The first-order chi connectivity index (χ1) is 8.15. The average molecular weight is 235 g/mol. The predicted octanol–water partition coefficient (Wildman–Crippen LogP) is 1.50. The van der Waals surface area contributed by atoms with Crippen LogP contribution in [0, 0.1) is 5.92 Å². The molecule has 17 heavy (non-hydrogen) atoms. The van der Waals surface area contributed by atoms with Crippen molar-refractivity contribution in [3.8, 4) is 0 Å². The van der Waals surface area contributed by atoms with Crippen LogP contribution in [-0.2, 0) is 4.79 Å². The molecule has 4 nitrogen and oxygen atoms in total. The van der Waals surface area contributed by atoms with Crippen LogP contribution >= 0.6 is 0 Å². The quantitative estimate of drug-likeness (QED) is 0.785. The van der Waals surface area contributed by atoms with E-state index in [1.807, 2.05) is 39.0 Å². The molecular weight excluding hydrogens is 214 g/mol. The van der Waals surface area contributed by atoms with E-state index in [2.05, 4.69) is 15.6 Å². The molecule has 0 spiro atoms. The van der Waals surface area contributed by atoms with Gasteiger partial charge < -0.3 is 10.6 Å². The van der Waals surface area contributed by atoms with E-state index >= 15 is 0 Å². The first kappa shape index (κ1) is 13.6. The Balaban J connectivity index is 2.46. The van der Waals surface area contributed by atoms with E-state index in [0.717, 1.165) is 12.2 Å². The van der Waals surface area contributed by atoms with Gasteiger partial charge >= 0.3 is 0 Å². The molecule has 0 aliphatic rings. The van der Waals surface area contributed by atoms with Crippen molar-refractivity contribution in [3.05, 3.63) is 30.1 Å². The molecule has 1 rings (SSSR count). The monoisotopic (exact) mass is 235 g/mol. The number of nitrogens with one attached hydrogen (secondary N) is 2. The molecule has 0 aromatic carbocycles. The molecule has 2 N–H and O–H groups in total. The van der Waals surface area contributed by atoms with Gasteiger partial charge in [0, 0.05) is 18.7 Å². The number of pyridine rings is 1. The molecule has 1 heterocycles. The van der Waals surface area contributed by atoms with Crippen LogP contribution in [0.5, 0.6) is 0 Å². The van der Waals surface area contributed by atoms with Gasteiger partial charge in [-0.3, -0.25) is 9.78 Å². The molecule has 0 aliphatic heterocycles. The van der Waals surface area contributed by atoms with Gasteiger partial charge in [0.25, 0.3) is 0 Å². The smallest absolute Gasteiger partial charge is 0.224 e. The first-order valence-corrected chi connectivity index (χ1v) is 6.07. The zero-order chi connectivity index (χ0) is 12.7. The minimum Gasteiger partial charge on any atom is -0.348 e. The topological polar surface area (TPSA) is 54.0 Å². The fourth-order valence-electron chi connectivity index (χ4n) is 1.52. The van der Waals surface area contributed by atoms with Gasteiger partial charge in [0.1, 0.15) is 0 Å². The first-order valence-electron chi connectivity index (χ1n) is 6.07. The number of hydrogen-bond donors (Lipinski definition) is 2. The summed E-state index contributed by atoms with van der Waals surface area (Å²) in [5.74, 6) is 0.0326. The van der Waals surface area contributed by atoms with Crippen LogP contribution in [-0.4, -0.2) is 24.0 Å². The summed E-state index contributed by atoms with van der Waals surface area (Å²) in [5.41, 5.74) is 0.886. The third-order valence-electron chi connectivity index (χ3n) is 2.64. The highest BCUT2D eigenvalue weighted by atomic mass is 16.1. The van der Waals surface area contributed by atoms with Crippen molar-refractivity contribution in [3.63, 3.8) is 0 Å². The van der Waals surface area contributed by atoms with Crippen LogP contribution in [0.1, 0.15) is 32.5 Å². The lowest BCUT2D eigenvalue weighted by molar-refractivity contribution is -0.125. The Morgan fingerprint density at radius 2 is 2.18 bits per heavy atom. The molecule has 1 aromatic rings. The minimum absolute atomic E-state index is 0.0267. The van der Waals surface area contributed by atoms with Crippen molar-refractivity contribution in [2.45, 2.75) is 26.8 Å². The van der Waals surface area contributed by atoms with Gasteiger partial charge in [0.05, 0.1) is 11.7 Å². The molecule has 0 saturated carbocycles. The van der Waals surface area contributed by atoms with E-state index in [1.165, 1.54) is 0 Å². The average Bonchev–Trinajstić information content (AvgIpc) is 2.36. The van der Waals surface area contributed by atoms with E-state index < -0.39 is 0 Å². The molecule has 0 radical (unpaired) electrons. The number of aromatic nitrogens is 1. The molecule has 0 aliphatic carbocycles. The summed E-state index contributed by atoms with van der Waals surface area (Å²) in [4.78, 5) is 16.1.